The summed E-state index contributed by atoms with van der Waals surface area (Å²) in [5.41, 5.74) is 1.72. The van der Waals surface area contributed by atoms with Gasteiger partial charge in [-0.15, -0.1) is 0 Å². The van der Waals surface area contributed by atoms with Gasteiger partial charge in [0.05, 0.1) is 13.3 Å². The number of rotatable bonds is 6. The summed E-state index contributed by atoms with van der Waals surface area (Å²) in [6, 6.07) is 7.97. The van der Waals surface area contributed by atoms with Crippen LogP contribution in [0.5, 0.6) is 5.75 Å². The summed E-state index contributed by atoms with van der Waals surface area (Å²) in [5.74, 6) is -1.04. The lowest BCUT2D eigenvalue weighted by Gasteiger charge is -2.08. The van der Waals surface area contributed by atoms with Crippen molar-refractivity contribution in [1.29, 1.82) is 0 Å². The number of hydrogen-bond donors (Lipinski definition) is 1. The van der Waals surface area contributed by atoms with Gasteiger partial charge in [0.2, 0.25) is 5.82 Å². The molecule has 0 unspecified atom stereocenters. The van der Waals surface area contributed by atoms with E-state index in [9.17, 15) is 18.0 Å². The average Bonchev–Trinajstić information content (AvgIpc) is 3.22. The molecule has 0 fully saturated rings. The molecule has 29 heavy (non-hydrogen) atoms. The molecule has 0 atom stereocenters. The SMILES string of the molecule is COc1cncc(COC(=O)NCc2ccc(-c3noc(C(F)(F)F)n3)cc2)c1. The van der Waals surface area contributed by atoms with E-state index in [4.69, 9.17) is 9.47 Å². The van der Waals surface area contributed by atoms with Crippen LogP contribution in [0, 0.1) is 0 Å². The van der Waals surface area contributed by atoms with Crippen LogP contribution in [0.25, 0.3) is 11.4 Å². The molecule has 1 N–H and O–H groups in total. The fraction of sp³-hybridized carbons (Fsp3) is 0.222. The van der Waals surface area contributed by atoms with E-state index in [1.54, 1.807) is 24.4 Å². The number of benzene rings is 1. The van der Waals surface area contributed by atoms with Crippen molar-refractivity contribution in [3.63, 3.8) is 0 Å². The van der Waals surface area contributed by atoms with E-state index in [2.05, 4.69) is 25.0 Å². The molecule has 3 aromatic rings. The Morgan fingerprint density at radius 2 is 1.93 bits per heavy atom. The molecule has 2 heterocycles. The maximum Gasteiger partial charge on any atom is 0.471 e. The van der Waals surface area contributed by atoms with Gasteiger partial charge < -0.3 is 19.3 Å². The summed E-state index contributed by atoms with van der Waals surface area (Å²) in [7, 11) is 1.51. The van der Waals surface area contributed by atoms with Crippen molar-refractivity contribution in [2.24, 2.45) is 0 Å². The molecule has 11 heteroatoms. The molecule has 0 bridgehead atoms. The van der Waals surface area contributed by atoms with E-state index < -0.39 is 18.2 Å². The van der Waals surface area contributed by atoms with Crippen LogP contribution in [0.1, 0.15) is 17.0 Å². The Kier molecular flexibility index (Phi) is 5.96. The van der Waals surface area contributed by atoms with Gasteiger partial charge in [-0.3, -0.25) is 4.98 Å². The monoisotopic (exact) mass is 408 g/mol. The lowest BCUT2D eigenvalue weighted by Crippen LogP contribution is -2.23. The molecule has 0 spiro atoms. The molecule has 8 nitrogen and oxygen atoms in total. The topological polar surface area (TPSA) is 99.4 Å². The molecule has 0 saturated heterocycles. The molecule has 0 saturated carbocycles. The van der Waals surface area contributed by atoms with Crippen LogP contribution >= 0.6 is 0 Å². The quantitative estimate of drug-likeness (QED) is 0.665. The molecule has 0 aliphatic carbocycles. The predicted molar refractivity (Wildman–Crippen MR) is 92.5 cm³/mol. The summed E-state index contributed by atoms with van der Waals surface area (Å²) in [6.07, 6.45) is -2.25. The van der Waals surface area contributed by atoms with Crippen LogP contribution in [0.4, 0.5) is 18.0 Å². The minimum absolute atomic E-state index is 0.0222. The zero-order valence-corrected chi connectivity index (χ0v) is 15.1. The van der Waals surface area contributed by atoms with Gasteiger partial charge in [-0.05, 0) is 11.6 Å². The Labute approximate surface area is 162 Å². The van der Waals surface area contributed by atoms with Gasteiger partial charge in [0.15, 0.2) is 0 Å². The average molecular weight is 408 g/mol. The van der Waals surface area contributed by atoms with Crippen LogP contribution in [0.3, 0.4) is 0 Å². The summed E-state index contributed by atoms with van der Waals surface area (Å²) in [4.78, 5) is 19.1. The number of nitrogens with zero attached hydrogens (tertiary/aromatic N) is 3. The van der Waals surface area contributed by atoms with Gasteiger partial charge in [0.1, 0.15) is 12.4 Å². The zero-order chi connectivity index (χ0) is 20.9. The summed E-state index contributed by atoms with van der Waals surface area (Å²) >= 11 is 0. The number of methoxy groups -OCH3 is 1. The fourth-order valence-corrected chi connectivity index (χ4v) is 2.26. The number of carbonyl (C=O) groups excluding carboxylic acids is 1. The number of alkyl carbamates (subject to hydrolysis) is 1. The van der Waals surface area contributed by atoms with Crippen LogP contribution < -0.4 is 10.1 Å². The van der Waals surface area contributed by atoms with E-state index >= 15 is 0 Å². The van der Waals surface area contributed by atoms with E-state index in [-0.39, 0.29) is 19.0 Å². The molecule has 1 amide bonds. The van der Waals surface area contributed by atoms with Crippen LogP contribution in [0.2, 0.25) is 0 Å². The lowest BCUT2D eigenvalue weighted by atomic mass is 10.1. The van der Waals surface area contributed by atoms with Crippen molar-refractivity contribution in [3.05, 3.63) is 59.7 Å². The first-order valence-corrected chi connectivity index (χ1v) is 8.24. The molecule has 0 radical (unpaired) electrons. The van der Waals surface area contributed by atoms with Crippen LogP contribution in [0.15, 0.2) is 47.2 Å². The van der Waals surface area contributed by atoms with Crippen molar-refractivity contribution in [1.82, 2.24) is 20.4 Å². The highest BCUT2D eigenvalue weighted by atomic mass is 19.4. The zero-order valence-electron chi connectivity index (χ0n) is 15.1. The van der Waals surface area contributed by atoms with Crippen molar-refractivity contribution < 1.29 is 32.0 Å². The highest BCUT2D eigenvalue weighted by Gasteiger charge is 2.38. The van der Waals surface area contributed by atoms with Gasteiger partial charge in [-0.25, -0.2) is 4.79 Å². The molecule has 2 aromatic heterocycles. The minimum atomic E-state index is -4.70. The molecule has 1 aromatic carbocycles. The Hall–Kier alpha value is -3.63. The Morgan fingerprint density at radius 3 is 2.59 bits per heavy atom. The summed E-state index contributed by atoms with van der Waals surface area (Å²) < 4.78 is 51.9. The largest absolute Gasteiger partial charge is 0.495 e. The van der Waals surface area contributed by atoms with E-state index in [0.29, 0.717) is 22.4 Å². The lowest BCUT2D eigenvalue weighted by molar-refractivity contribution is -0.159. The highest BCUT2D eigenvalue weighted by Crippen LogP contribution is 2.29. The maximum atomic E-state index is 12.5. The normalized spacial score (nSPS) is 11.2. The Morgan fingerprint density at radius 1 is 1.17 bits per heavy atom. The van der Waals surface area contributed by atoms with Crippen molar-refractivity contribution in [2.75, 3.05) is 7.11 Å². The first-order valence-electron chi connectivity index (χ1n) is 8.24. The first kappa shape index (κ1) is 20.1. The molecule has 152 valence electrons. The van der Waals surface area contributed by atoms with Gasteiger partial charge in [0.25, 0.3) is 0 Å². The molecular formula is C18H15F3N4O4. The van der Waals surface area contributed by atoms with Gasteiger partial charge >= 0.3 is 18.2 Å². The van der Waals surface area contributed by atoms with E-state index in [1.165, 1.54) is 25.4 Å². The van der Waals surface area contributed by atoms with Gasteiger partial charge in [-0.2, -0.15) is 18.2 Å². The Balaban J connectivity index is 1.50. The standard InChI is InChI=1S/C18H15F3N4O4/c1-27-14-6-12(7-22-9-14)10-28-17(26)23-8-11-2-4-13(5-3-11)15-24-16(29-25-15)18(19,20)21/h2-7,9H,8,10H2,1H3,(H,23,26). The number of ether oxygens (including phenoxy) is 2. The third kappa shape index (κ3) is 5.43. The third-order valence-corrected chi connectivity index (χ3v) is 3.69. The second-order valence-electron chi connectivity index (χ2n) is 5.78. The number of halogens is 3. The highest BCUT2D eigenvalue weighted by molar-refractivity contribution is 5.67. The molecule has 3 rings (SSSR count). The summed E-state index contributed by atoms with van der Waals surface area (Å²) in [6.45, 7) is 0.184. The minimum Gasteiger partial charge on any atom is -0.495 e. The molecular weight excluding hydrogens is 393 g/mol. The number of hydrogen-bond acceptors (Lipinski definition) is 7. The number of amides is 1. The smallest absolute Gasteiger partial charge is 0.471 e. The number of nitrogens with one attached hydrogen (secondary N) is 1. The fourth-order valence-electron chi connectivity index (χ4n) is 2.26. The number of pyridine rings is 1. The van der Waals surface area contributed by atoms with Crippen molar-refractivity contribution in [2.45, 2.75) is 19.3 Å². The maximum absolute atomic E-state index is 12.5. The number of carbonyl (C=O) groups is 1. The summed E-state index contributed by atoms with van der Waals surface area (Å²) in [5, 5.41) is 5.88. The van der Waals surface area contributed by atoms with E-state index in [1.807, 2.05) is 0 Å². The third-order valence-electron chi connectivity index (χ3n) is 3.69. The molecule has 0 aliphatic rings. The number of aromatic nitrogens is 3. The van der Waals surface area contributed by atoms with Crippen LogP contribution in [-0.2, 0) is 24.1 Å². The Bertz CT molecular complexity index is 974. The second kappa shape index (κ2) is 8.59. The first-order chi connectivity index (χ1) is 13.8. The second-order valence-corrected chi connectivity index (χ2v) is 5.78. The van der Waals surface area contributed by atoms with Crippen molar-refractivity contribution in [3.8, 4) is 17.1 Å². The van der Waals surface area contributed by atoms with Crippen molar-refractivity contribution >= 4 is 6.09 Å². The van der Waals surface area contributed by atoms with E-state index in [0.717, 1.165) is 0 Å². The van der Waals surface area contributed by atoms with Gasteiger partial charge in [-0.1, -0.05) is 29.4 Å². The predicted octanol–water partition coefficient (Wildman–Crippen LogP) is 3.59. The van der Waals surface area contributed by atoms with Crippen LogP contribution in [-0.4, -0.2) is 28.3 Å². The molecule has 0 aliphatic heterocycles. The van der Waals surface area contributed by atoms with Gasteiger partial charge in [0, 0.05) is 23.9 Å². The number of alkyl halides is 3.